The van der Waals surface area contributed by atoms with Gasteiger partial charge in [-0.05, 0) is 63.1 Å². The molecule has 1 aliphatic heterocycles. The molecule has 0 aliphatic carbocycles. The highest BCUT2D eigenvalue weighted by Crippen LogP contribution is 2.36. The number of aromatic nitrogens is 1. The van der Waals surface area contributed by atoms with E-state index in [-0.39, 0.29) is 0 Å². The van der Waals surface area contributed by atoms with Crippen molar-refractivity contribution < 1.29 is 14.2 Å². The van der Waals surface area contributed by atoms with Gasteiger partial charge in [-0.1, -0.05) is 6.07 Å². The van der Waals surface area contributed by atoms with Gasteiger partial charge in [0.15, 0.2) is 17.2 Å². The number of methoxy groups -OCH3 is 1. The molecule has 5 nitrogen and oxygen atoms in total. The Balaban J connectivity index is 1.77. The Hall–Kier alpha value is -2.27. The van der Waals surface area contributed by atoms with E-state index >= 15 is 0 Å². The second-order valence-electron chi connectivity index (χ2n) is 6.54. The van der Waals surface area contributed by atoms with Crippen LogP contribution in [0.1, 0.15) is 24.1 Å². The fourth-order valence-electron chi connectivity index (χ4n) is 2.94. The van der Waals surface area contributed by atoms with Crippen molar-refractivity contribution in [3.05, 3.63) is 41.6 Å². The van der Waals surface area contributed by atoms with Gasteiger partial charge in [-0.25, -0.2) is 4.98 Å². The number of rotatable bonds is 6. The van der Waals surface area contributed by atoms with Crippen molar-refractivity contribution in [1.82, 2.24) is 10.3 Å². The van der Waals surface area contributed by atoms with Crippen LogP contribution in [0.15, 0.2) is 30.3 Å². The van der Waals surface area contributed by atoms with Gasteiger partial charge in [-0.3, -0.25) is 0 Å². The molecule has 1 N–H and O–H groups in total. The van der Waals surface area contributed by atoms with E-state index in [9.17, 15) is 0 Å². The van der Waals surface area contributed by atoms with Crippen LogP contribution in [0.4, 0.5) is 0 Å². The minimum absolute atomic E-state index is 0.478. The van der Waals surface area contributed by atoms with Crippen LogP contribution in [0.2, 0.25) is 0 Å². The van der Waals surface area contributed by atoms with Gasteiger partial charge in [0.05, 0.1) is 13.7 Å². The van der Waals surface area contributed by atoms with Crippen LogP contribution in [-0.2, 0) is 0 Å². The van der Waals surface area contributed by atoms with E-state index in [1.807, 2.05) is 44.2 Å². The summed E-state index contributed by atoms with van der Waals surface area (Å²) >= 11 is 0. The molecule has 0 unspecified atom stereocenters. The topological polar surface area (TPSA) is 52.6 Å². The van der Waals surface area contributed by atoms with E-state index in [4.69, 9.17) is 14.2 Å². The molecule has 0 radical (unpaired) electrons. The molecule has 1 aliphatic rings. The van der Waals surface area contributed by atoms with Crippen molar-refractivity contribution >= 4 is 0 Å². The fourth-order valence-corrected chi connectivity index (χ4v) is 2.94. The van der Waals surface area contributed by atoms with Gasteiger partial charge >= 0.3 is 0 Å². The molecule has 5 heteroatoms. The molecule has 0 bridgehead atoms. The number of ether oxygens (including phenoxy) is 3. The maximum absolute atomic E-state index is 6.03. The number of aryl methyl sites for hydroxylation is 2. The third-order valence-corrected chi connectivity index (χ3v) is 4.36. The second kappa shape index (κ2) is 8.21. The van der Waals surface area contributed by atoms with Crippen LogP contribution in [-0.4, -0.2) is 31.8 Å². The molecular formula is C20H26N2O3. The summed E-state index contributed by atoms with van der Waals surface area (Å²) in [5.41, 5.74) is 2.00. The number of hydrogen-bond acceptors (Lipinski definition) is 5. The summed E-state index contributed by atoms with van der Waals surface area (Å²) in [6, 6.07) is 9.69. The van der Waals surface area contributed by atoms with Gasteiger partial charge < -0.3 is 19.5 Å². The maximum Gasteiger partial charge on any atom is 0.262 e. The normalized spacial score (nSPS) is 17.2. The Labute approximate surface area is 149 Å². The largest absolute Gasteiger partial charge is 0.493 e. The van der Waals surface area contributed by atoms with Gasteiger partial charge in [-0.2, -0.15) is 0 Å². The molecule has 0 spiro atoms. The summed E-state index contributed by atoms with van der Waals surface area (Å²) in [5.74, 6) is 2.99. The Morgan fingerprint density at radius 1 is 1.12 bits per heavy atom. The van der Waals surface area contributed by atoms with Crippen molar-refractivity contribution in [2.24, 2.45) is 5.92 Å². The summed E-state index contributed by atoms with van der Waals surface area (Å²) in [5, 5.41) is 3.41. The zero-order valence-corrected chi connectivity index (χ0v) is 15.2. The fraction of sp³-hybridized carbons (Fsp3) is 0.450. The van der Waals surface area contributed by atoms with Gasteiger partial charge in [0.2, 0.25) is 0 Å². The molecule has 25 heavy (non-hydrogen) atoms. The van der Waals surface area contributed by atoms with Crippen molar-refractivity contribution in [1.29, 1.82) is 0 Å². The lowest BCUT2D eigenvalue weighted by Gasteiger charge is -2.23. The predicted molar refractivity (Wildman–Crippen MR) is 97.9 cm³/mol. The van der Waals surface area contributed by atoms with Crippen LogP contribution >= 0.6 is 0 Å². The lowest BCUT2D eigenvalue weighted by molar-refractivity contribution is 0.211. The Morgan fingerprint density at radius 2 is 1.96 bits per heavy atom. The van der Waals surface area contributed by atoms with Gasteiger partial charge in [-0.15, -0.1) is 0 Å². The van der Waals surface area contributed by atoms with Crippen LogP contribution in [0.25, 0.3) is 0 Å². The monoisotopic (exact) mass is 342 g/mol. The zero-order valence-electron chi connectivity index (χ0n) is 15.2. The van der Waals surface area contributed by atoms with E-state index in [2.05, 4.69) is 10.3 Å². The highest BCUT2D eigenvalue weighted by Gasteiger charge is 2.17. The lowest BCUT2D eigenvalue weighted by Crippen LogP contribution is -2.33. The third-order valence-electron chi connectivity index (χ3n) is 4.36. The highest BCUT2D eigenvalue weighted by atomic mass is 16.5. The van der Waals surface area contributed by atoms with Crippen molar-refractivity contribution in [2.45, 2.75) is 26.7 Å². The first-order valence-electron chi connectivity index (χ1n) is 8.79. The lowest BCUT2D eigenvalue weighted by atomic mass is 10.0. The van der Waals surface area contributed by atoms with E-state index in [0.717, 1.165) is 24.3 Å². The first-order valence-corrected chi connectivity index (χ1v) is 8.79. The first kappa shape index (κ1) is 17.5. The third kappa shape index (κ3) is 4.63. The van der Waals surface area contributed by atoms with Crippen molar-refractivity contribution in [3.63, 3.8) is 0 Å². The van der Waals surface area contributed by atoms with E-state index in [0.29, 0.717) is 35.7 Å². The first-order chi connectivity index (χ1) is 12.2. The molecule has 2 heterocycles. The summed E-state index contributed by atoms with van der Waals surface area (Å²) < 4.78 is 17.5. The number of pyridine rings is 1. The smallest absolute Gasteiger partial charge is 0.262 e. The van der Waals surface area contributed by atoms with Crippen LogP contribution in [0, 0.1) is 19.8 Å². The molecule has 0 amide bonds. The van der Waals surface area contributed by atoms with Gasteiger partial charge in [0.25, 0.3) is 5.88 Å². The van der Waals surface area contributed by atoms with Gasteiger partial charge in [0.1, 0.15) is 0 Å². The average molecular weight is 342 g/mol. The molecule has 0 saturated carbocycles. The number of nitrogens with one attached hydrogen (secondary N) is 1. The number of hydrogen-bond donors (Lipinski definition) is 1. The molecule has 1 fully saturated rings. The molecule has 1 aromatic heterocycles. The quantitative estimate of drug-likeness (QED) is 0.863. The summed E-state index contributed by atoms with van der Waals surface area (Å²) in [6.07, 6.45) is 2.39. The number of piperidine rings is 1. The minimum Gasteiger partial charge on any atom is -0.493 e. The summed E-state index contributed by atoms with van der Waals surface area (Å²) in [7, 11) is 1.64. The zero-order chi connectivity index (χ0) is 17.6. The molecule has 1 saturated heterocycles. The van der Waals surface area contributed by atoms with E-state index in [1.54, 1.807) is 7.11 Å². The Kier molecular flexibility index (Phi) is 5.76. The molecule has 3 rings (SSSR count). The molecular weight excluding hydrogens is 316 g/mol. The number of benzene rings is 1. The molecule has 1 atom stereocenters. The standard InChI is InChI=1S/C20H26N2O3/c1-14-6-8-17(19(11-14)23-3)25-20-18(9-7-15(2)22-20)24-13-16-5-4-10-21-12-16/h6-9,11,16,21H,4-5,10,12-13H2,1-3H3/t16-/m0/s1. The Bertz CT molecular complexity index is 712. The van der Waals surface area contributed by atoms with Crippen LogP contribution in [0.3, 0.4) is 0 Å². The maximum atomic E-state index is 6.03. The molecule has 1 aromatic carbocycles. The predicted octanol–water partition coefficient (Wildman–Crippen LogP) is 3.88. The van der Waals surface area contributed by atoms with Crippen LogP contribution in [0.5, 0.6) is 23.1 Å². The number of nitrogens with zero attached hydrogens (tertiary/aromatic N) is 1. The van der Waals surface area contributed by atoms with Crippen LogP contribution < -0.4 is 19.5 Å². The SMILES string of the molecule is COc1cc(C)ccc1Oc1nc(C)ccc1OC[C@H]1CCCNC1. The van der Waals surface area contributed by atoms with E-state index < -0.39 is 0 Å². The summed E-state index contributed by atoms with van der Waals surface area (Å²) in [4.78, 5) is 4.51. The summed E-state index contributed by atoms with van der Waals surface area (Å²) in [6.45, 7) is 6.72. The molecule has 2 aromatic rings. The minimum atomic E-state index is 0.478. The van der Waals surface area contributed by atoms with Crippen molar-refractivity contribution in [3.8, 4) is 23.1 Å². The second-order valence-corrected chi connectivity index (χ2v) is 6.54. The molecule has 134 valence electrons. The van der Waals surface area contributed by atoms with E-state index in [1.165, 1.54) is 12.8 Å². The Morgan fingerprint density at radius 3 is 2.72 bits per heavy atom. The average Bonchev–Trinajstić information content (AvgIpc) is 2.63. The van der Waals surface area contributed by atoms with Gasteiger partial charge in [0, 0.05) is 18.2 Å². The highest BCUT2D eigenvalue weighted by molar-refractivity contribution is 5.46. The van der Waals surface area contributed by atoms with Crippen molar-refractivity contribution in [2.75, 3.05) is 26.8 Å².